The van der Waals surface area contributed by atoms with Crippen molar-refractivity contribution < 1.29 is 0 Å². The standard InChI is InChI=1S/C11H17N/c1-9(2)8-10(3)11-4-6-12-7-5-11/h4-7,9-10H,8H2,1-3H3. The number of hydrogen-bond acceptors (Lipinski definition) is 1. The third-order valence-corrected chi connectivity index (χ3v) is 2.10. The van der Waals surface area contributed by atoms with Crippen LogP contribution in [0.25, 0.3) is 0 Å². The number of aromatic nitrogens is 1. The first-order chi connectivity index (χ1) is 5.70. The molecule has 0 aliphatic carbocycles. The number of hydrogen-bond donors (Lipinski definition) is 0. The van der Waals surface area contributed by atoms with Gasteiger partial charge in [-0.05, 0) is 36.0 Å². The van der Waals surface area contributed by atoms with Crippen LogP contribution in [0.4, 0.5) is 0 Å². The smallest absolute Gasteiger partial charge is 0.0270 e. The van der Waals surface area contributed by atoms with Crippen LogP contribution in [0.15, 0.2) is 24.5 Å². The van der Waals surface area contributed by atoms with Crippen molar-refractivity contribution in [3.63, 3.8) is 0 Å². The van der Waals surface area contributed by atoms with Gasteiger partial charge in [-0.3, -0.25) is 4.98 Å². The second-order valence-electron chi connectivity index (χ2n) is 3.81. The Labute approximate surface area is 74.8 Å². The predicted molar refractivity (Wildman–Crippen MR) is 52.1 cm³/mol. The third-order valence-electron chi connectivity index (χ3n) is 2.10. The molecule has 1 unspecified atom stereocenters. The molecule has 0 fully saturated rings. The highest BCUT2D eigenvalue weighted by atomic mass is 14.6. The van der Waals surface area contributed by atoms with Crippen LogP contribution in [0.2, 0.25) is 0 Å². The van der Waals surface area contributed by atoms with Gasteiger partial charge >= 0.3 is 0 Å². The van der Waals surface area contributed by atoms with Crippen molar-refractivity contribution in [1.82, 2.24) is 4.98 Å². The summed E-state index contributed by atoms with van der Waals surface area (Å²) in [5.41, 5.74) is 1.40. The fraction of sp³-hybridized carbons (Fsp3) is 0.545. The molecule has 1 atom stereocenters. The average Bonchev–Trinajstić information content (AvgIpc) is 2.05. The van der Waals surface area contributed by atoms with Gasteiger partial charge in [-0.1, -0.05) is 20.8 Å². The van der Waals surface area contributed by atoms with Crippen LogP contribution in [0.3, 0.4) is 0 Å². The minimum absolute atomic E-state index is 0.660. The first-order valence-electron chi connectivity index (χ1n) is 4.60. The molecule has 1 aromatic rings. The lowest BCUT2D eigenvalue weighted by atomic mass is 9.93. The van der Waals surface area contributed by atoms with Crippen molar-refractivity contribution in [3.05, 3.63) is 30.1 Å². The van der Waals surface area contributed by atoms with E-state index in [1.807, 2.05) is 12.4 Å². The highest BCUT2D eigenvalue weighted by molar-refractivity contribution is 5.14. The Bertz CT molecular complexity index is 216. The molecule has 0 bridgehead atoms. The summed E-state index contributed by atoms with van der Waals surface area (Å²) in [5.74, 6) is 1.43. The summed E-state index contributed by atoms with van der Waals surface area (Å²) in [6, 6.07) is 4.21. The van der Waals surface area contributed by atoms with Gasteiger partial charge in [0.15, 0.2) is 0 Å². The molecule has 1 aromatic heterocycles. The molecule has 0 amide bonds. The van der Waals surface area contributed by atoms with Gasteiger partial charge in [0.2, 0.25) is 0 Å². The maximum absolute atomic E-state index is 4.01. The van der Waals surface area contributed by atoms with E-state index in [1.54, 1.807) is 0 Å². The Balaban J connectivity index is 2.59. The zero-order chi connectivity index (χ0) is 8.97. The van der Waals surface area contributed by atoms with Crippen molar-refractivity contribution in [1.29, 1.82) is 0 Å². The maximum atomic E-state index is 4.01. The highest BCUT2D eigenvalue weighted by Gasteiger charge is 2.06. The molecular formula is C11H17N. The first kappa shape index (κ1) is 9.24. The molecule has 0 radical (unpaired) electrons. The van der Waals surface area contributed by atoms with Crippen LogP contribution in [-0.4, -0.2) is 4.98 Å². The zero-order valence-electron chi connectivity index (χ0n) is 8.12. The summed E-state index contributed by atoms with van der Waals surface area (Å²) in [6.07, 6.45) is 4.99. The SMILES string of the molecule is CC(C)CC(C)c1ccncc1. The molecule has 0 aliphatic heterocycles. The molecule has 66 valence electrons. The first-order valence-corrected chi connectivity index (χ1v) is 4.60. The fourth-order valence-corrected chi connectivity index (χ4v) is 1.54. The molecule has 12 heavy (non-hydrogen) atoms. The molecule has 0 saturated carbocycles. The van der Waals surface area contributed by atoms with E-state index >= 15 is 0 Å². The highest BCUT2D eigenvalue weighted by Crippen LogP contribution is 2.21. The minimum atomic E-state index is 0.660. The van der Waals surface area contributed by atoms with Crippen molar-refractivity contribution in [2.24, 2.45) is 5.92 Å². The van der Waals surface area contributed by atoms with Crippen molar-refractivity contribution in [3.8, 4) is 0 Å². The minimum Gasteiger partial charge on any atom is -0.265 e. The van der Waals surface area contributed by atoms with Crippen LogP contribution in [0.1, 0.15) is 38.7 Å². The average molecular weight is 163 g/mol. The molecule has 0 aromatic carbocycles. The molecule has 1 heteroatoms. The molecule has 1 heterocycles. The summed E-state index contributed by atoms with van der Waals surface area (Å²) >= 11 is 0. The number of pyridine rings is 1. The summed E-state index contributed by atoms with van der Waals surface area (Å²) in [6.45, 7) is 6.80. The van der Waals surface area contributed by atoms with Gasteiger partial charge in [-0.15, -0.1) is 0 Å². The molecular weight excluding hydrogens is 146 g/mol. The monoisotopic (exact) mass is 163 g/mol. The van der Waals surface area contributed by atoms with Gasteiger partial charge in [0.25, 0.3) is 0 Å². The lowest BCUT2D eigenvalue weighted by Crippen LogP contribution is -1.98. The van der Waals surface area contributed by atoms with Crippen LogP contribution in [0, 0.1) is 5.92 Å². The van der Waals surface area contributed by atoms with Gasteiger partial charge < -0.3 is 0 Å². The van der Waals surface area contributed by atoms with Gasteiger partial charge in [0, 0.05) is 12.4 Å². The Kier molecular flexibility index (Phi) is 3.27. The van der Waals surface area contributed by atoms with E-state index in [9.17, 15) is 0 Å². The molecule has 1 nitrogen and oxygen atoms in total. The zero-order valence-corrected chi connectivity index (χ0v) is 8.12. The molecule has 1 rings (SSSR count). The lowest BCUT2D eigenvalue weighted by Gasteiger charge is -2.13. The number of nitrogens with zero attached hydrogens (tertiary/aromatic N) is 1. The van der Waals surface area contributed by atoms with Crippen LogP contribution in [-0.2, 0) is 0 Å². The van der Waals surface area contributed by atoms with E-state index in [1.165, 1.54) is 12.0 Å². The van der Waals surface area contributed by atoms with Crippen molar-refractivity contribution in [2.75, 3.05) is 0 Å². The quantitative estimate of drug-likeness (QED) is 0.666. The molecule has 0 spiro atoms. The van der Waals surface area contributed by atoms with E-state index in [-0.39, 0.29) is 0 Å². The molecule has 0 N–H and O–H groups in total. The Hall–Kier alpha value is -0.850. The van der Waals surface area contributed by atoms with Crippen molar-refractivity contribution >= 4 is 0 Å². The Morgan fingerprint density at radius 2 is 1.75 bits per heavy atom. The molecule has 0 aliphatic rings. The summed E-state index contributed by atoms with van der Waals surface area (Å²) in [5, 5.41) is 0. The van der Waals surface area contributed by atoms with E-state index in [0.717, 1.165) is 5.92 Å². The lowest BCUT2D eigenvalue weighted by molar-refractivity contribution is 0.523. The second-order valence-corrected chi connectivity index (χ2v) is 3.81. The van der Waals surface area contributed by atoms with Crippen LogP contribution < -0.4 is 0 Å². The maximum Gasteiger partial charge on any atom is 0.0270 e. The van der Waals surface area contributed by atoms with E-state index in [4.69, 9.17) is 0 Å². The van der Waals surface area contributed by atoms with Gasteiger partial charge in [-0.25, -0.2) is 0 Å². The van der Waals surface area contributed by atoms with Gasteiger partial charge in [0.1, 0.15) is 0 Å². The predicted octanol–water partition coefficient (Wildman–Crippen LogP) is 3.23. The normalized spacial score (nSPS) is 13.3. The van der Waals surface area contributed by atoms with Crippen LogP contribution in [0.5, 0.6) is 0 Å². The Morgan fingerprint density at radius 3 is 2.25 bits per heavy atom. The van der Waals surface area contributed by atoms with E-state index < -0.39 is 0 Å². The Morgan fingerprint density at radius 1 is 1.17 bits per heavy atom. The number of rotatable bonds is 3. The topological polar surface area (TPSA) is 12.9 Å². The van der Waals surface area contributed by atoms with Gasteiger partial charge in [0.05, 0.1) is 0 Å². The summed E-state index contributed by atoms with van der Waals surface area (Å²) in [4.78, 5) is 4.01. The van der Waals surface area contributed by atoms with E-state index in [2.05, 4.69) is 37.9 Å². The summed E-state index contributed by atoms with van der Waals surface area (Å²) in [7, 11) is 0. The van der Waals surface area contributed by atoms with E-state index in [0.29, 0.717) is 5.92 Å². The largest absolute Gasteiger partial charge is 0.265 e. The summed E-state index contributed by atoms with van der Waals surface area (Å²) < 4.78 is 0. The fourth-order valence-electron chi connectivity index (χ4n) is 1.54. The second kappa shape index (κ2) is 4.24. The third kappa shape index (κ3) is 2.65. The molecule has 0 saturated heterocycles. The van der Waals surface area contributed by atoms with Crippen molar-refractivity contribution in [2.45, 2.75) is 33.1 Å². The van der Waals surface area contributed by atoms with Gasteiger partial charge in [-0.2, -0.15) is 0 Å². The van der Waals surface area contributed by atoms with Crippen LogP contribution >= 0.6 is 0 Å².